The van der Waals surface area contributed by atoms with Gasteiger partial charge in [0.2, 0.25) is 0 Å². The highest BCUT2D eigenvalue weighted by Crippen LogP contribution is 2.23. The van der Waals surface area contributed by atoms with Crippen LogP contribution in [-0.2, 0) is 0 Å². The molecular formula is C29H21Br2N3O4. The van der Waals surface area contributed by atoms with Crippen molar-refractivity contribution in [2.45, 2.75) is 6.92 Å². The smallest absolute Gasteiger partial charge is 0.343 e. The van der Waals surface area contributed by atoms with Gasteiger partial charge in [-0.3, -0.25) is 9.59 Å². The van der Waals surface area contributed by atoms with Crippen LogP contribution < -0.4 is 15.5 Å². The molecule has 0 bridgehead atoms. The van der Waals surface area contributed by atoms with Gasteiger partial charge in [-0.15, -0.1) is 0 Å². The molecule has 0 fully saturated rings. The van der Waals surface area contributed by atoms with Crippen LogP contribution in [0.1, 0.15) is 42.2 Å². The van der Waals surface area contributed by atoms with Crippen LogP contribution in [0.5, 0.6) is 5.75 Å². The normalized spacial score (nSPS) is 10.7. The molecule has 0 atom stereocenters. The number of anilines is 1. The van der Waals surface area contributed by atoms with E-state index < -0.39 is 11.9 Å². The quantitative estimate of drug-likeness (QED) is 0.102. The van der Waals surface area contributed by atoms with Crippen molar-refractivity contribution in [2.75, 3.05) is 5.32 Å². The van der Waals surface area contributed by atoms with Crippen molar-refractivity contribution in [2.24, 2.45) is 5.10 Å². The van der Waals surface area contributed by atoms with E-state index in [-0.39, 0.29) is 17.2 Å². The van der Waals surface area contributed by atoms with Gasteiger partial charge in [0.1, 0.15) is 5.75 Å². The highest BCUT2D eigenvalue weighted by Gasteiger charge is 2.15. The number of benzene rings is 4. The molecule has 4 aromatic carbocycles. The largest absolute Gasteiger partial charge is 0.422 e. The summed E-state index contributed by atoms with van der Waals surface area (Å²) >= 11 is 6.73. The van der Waals surface area contributed by atoms with Crippen molar-refractivity contribution in [1.82, 2.24) is 5.43 Å². The molecular weight excluding hydrogens is 614 g/mol. The number of halogens is 2. The van der Waals surface area contributed by atoms with E-state index in [1.165, 1.54) is 6.21 Å². The van der Waals surface area contributed by atoms with E-state index in [1.807, 2.05) is 19.1 Å². The molecule has 0 heterocycles. The number of rotatable bonds is 7. The molecule has 9 heteroatoms. The Morgan fingerprint density at radius 2 is 1.45 bits per heavy atom. The first-order valence-electron chi connectivity index (χ1n) is 11.4. The monoisotopic (exact) mass is 633 g/mol. The van der Waals surface area contributed by atoms with E-state index in [1.54, 1.807) is 78.9 Å². The molecule has 4 aromatic rings. The summed E-state index contributed by atoms with van der Waals surface area (Å²) in [7, 11) is 0. The first-order valence-corrected chi connectivity index (χ1v) is 13.0. The predicted octanol–water partition coefficient (Wildman–Crippen LogP) is 6.76. The van der Waals surface area contributed by atoms with E-state index >= 15 is 0 Å². The fourth-order valence-corrected chi connectivity index (χ4v) is 4.01. The zero-order valence-corrected chi connectivity index (χ0v) is 23.2. The summed E-state index contributed by atoms with van der Waals surface area (Å²) < 4.78 is 7.13. The summed E-state index contributed by atoms with van der Waals surface area (Å²) in [6.07, 6.45) is 1.38. The zero-order chi connectivity index (χ0) is 27.1. The van der Waals surface area contributed by atoms with Crippen molar-refractivity contribution in [3.05, 3.63) is 128 Å². The maximum Gasteiger partial charge on any atom is 0.343 e. The number of carbonyl (C=O) groups excluding carboxylic acids is 3. The van der Waals surface area contributed by atoms with Crippen molar-refractivity contribution in [1.29, 1.82) is 0 Å². The number of hydrogen-bond donors (Lipinski definition) is 2. The second-order valence-corrected chi connectivity index (χ2v) is 9.97. The Kier molecular flexibility index (Phi) is 8.83. The average Bonchev–Trinajstić information content (AvgIpc) is 2.91. The lowest BCUT2D eigenvalue weighted by molar-refractivity contribution is 0.0733. The van der Waals surface area contributed by atoms with Crippen LogP contribution in [-0.4, -0.2) is 24.0 Å². The first kappa shape index (κ1) is 27.0. The lowest BCUT2D eigenvalue weighted by atomic mass is 10.1. The summed E-state index contributed by atoms with van der Waals surface area (Å²) in [6.45, 7) is 1.94. The third-order valence-electron chi connectivity index (χ3n) is 5.36. The average molecular weight is 635 g/mol. The maximum atomic E-state index is 12.9. The highest BCUT2D eigenvalue weighted by atomic mass is 79.9. The summed E-state index contributed by atoms with van der Waals surface area (Å²) in [6, 6.07) is 25.6. The lowest BCUT2D eigenvalue weighted by Crippen LogP contribution is -2.21. The second kappa shape index (κ2) is 12.4. The van der Waals surface area contributed by atoms with Gasteiger partial charge >= 0.3 is 5.97 Å². The minimum Gasteiger partial charge on any atom is -0.422 e. The number of ether oxygens (including phenoxy) is 1. The van der Waals surface area contributed by atoms with Crippen molar-refractivity contribution in [3.63, 3.8) is 0 Å². The topological polar surface area (TPSA) is 96.9 Å². The second-order valence-electron chi connectivity index (χ2n) is 8.14. The van der Waals surface area contributed by atoms with E-state index in [9.17, 15) is 14.4 Å². The van der Waals surface area contributed by atoms with Crippen LogP contribution in [0.15, 0.2) is 105 Å². The van der Waals surface area contributed by atoms with Crippen LogP contribution in [0.3, 0.4) is 0 Å². The van der Waals surface area contributed by atoms with Crippen LogP contribution in [0.25, 0.3) is 0 Å². The Balaban J connectivity index is 1.47. The van der Waals surface area contributed by atoms with Gasteiger partial charge in [-0.25, -0.2) is 10.2 Å². The number of hydrogen-bond acceptors (Lipinski definition) is 5. The van der Waals surface area contributed by atoms with Crippen LogP contribution in [0.4, 0.5) is 5.69 Å². The van der Waals surface area contributed by atoms with Gasteiger partial charge in [0.05, 0.1) is 23.0 Å². The van der Waals surface area contributed by atoms with E-state index in [2.05, 4.69) is 47.7 Å². The van der Waals surface area contributed by atoms with Gasteiger partial charge in [-0.05, 0) is 73.7 Å². The zero-order valence-electron chi connectivity index (χ0n) is 20.1. The van der Waals surface area contributed by atoms with E-state index in [0.29, 0.717) is 22.4 Å². The lowest BCUT2D eigenvalue weighted by Gasteiger charge is -2.10. The number of carbonyl (C=O) groups is 3. The molecule has 0 saturated heterocycles. The fraction of sp³-hybridized carbons (Fsp3) is 0.0345. The molecule has 0 aliphatic rings. The number of hydrazone groups is 1. The number of amides is 2. The Morgan fingerprint density at radius 1 is 0.789 bits per heavy atom. The van der Waals surface area contributed by atoms with Gasteiger partial charge < -0.3 is 10.1 Å². The molecule has 0 radical (unpaired) electrons. The molecule has 190 valence electrons. The Labute approximate surface area is 236 Å². The predicted molar refractivity (Wildman–Crippen MR) is 154 cm³/mol. The molecule has 0 aliphatic carbocycles. The van der Waals surface area contributed by atoms with Gasteiger partial charge in [0.15, 0.2) is 0 Å². The first-order chi connectivity index (χ1) is 18.3. The third-order valence-corrected chi connectivity index (χ3v) is 6.38. The Hall–Kier alpha value is -4.08. The summed E-state index contributed by atoms with van der Waals surface area (Å²) in [5, 5.41) is 6.82. The van der Waals surface area contributed by atoms with Crippen molar-refractivity contribution >= 4 is 61.5 Å². The van der Waals surface area contributed by atoms with E-state index in [4.69, 9.17) is 4.74 Å². The molecule has 0 spiro atoms. The SMILES string of the molecule is Cc1ccc(C(=O)Nc2ccccc2C(=O)N/N=C\c2cc(Br)ccc2OC(=O)c2ccc(Br)cc2)cc1. The molecule has 4 rings (SSSR count). The van der Waals surface area contributed by atoms with Gasteiger partial charge in [-0.1, -0.05) is 61.7 Å². The van der Waals surface area contributed by atoms with Crippen LogP contribution in [0.2, 0.25) is 0 Å². The number of para-hydroxylation sites is 1. The van der Waals surface area contributed by atoms with Crippen molar-refractivity contribution < 1.29 is 19.1 Å². The highest BCUT2D eigenvalue weighted by molar-refractivity contribution is 9.10. The molecule has 0 aliphatic heterocycles. The third kappa shape index (κ3) is 7.02. The summed E-state index contributed by atoms with van der Waals surface area (Å²) in [4.78, 5) is 38.1. The van der Waals surface area contributed by atoms with E-state index in [0.717, 1.165) is 14.5 Å². The molecule has 2 amide bonds. The molecule has 0 aromatic heterocycles. The van der Waals surface area contributed by atoms with Gasteiger partial charge in [-0.2, -0.15) is 5.10 Å². The summed E-state index contributed by atoms with van der Waals surface area (Å²) in [5.74, 6) is -1.12. The number of aryl methyl sites for hydroxylation is 1. The van der Waals surface area contributed by atoms with Crippen molar-refractivity contribution in [3.8, 4) is 5.75 Å². The van der Waals surface area contributed by atoms with Crippen LogP contribution in [0, 0.1) is 6.92 Å². The molecule has 0 unspecified atom stereocenters. The molecule has 38 heavy (non-hydrogen) atoms. The number of nitrogens with one attached hydrogen (secondary N) is 2. The fourth-order valence-electron chi connectivity index (χ4n) is 3.37. The van der Waals surface area contributed by atoms with Gasteiger partial charge in [0, 0.05) is 20.1 Å². The standard InChI is InChI=1S/C29H21Br2N3O4/c1-18-6-8-19(9-7-18)27(35)33-25-5-3-2-4-24(25)28(36)34-32-17-21-16-23(31)14-15-26(21)38-29(37)20-10-12-22(30)13-11-20/h2-17H,1H3,(H,33,35)(H,34,36)/b32-17-. The Bertz CT molecular complexity index is 1520. The summed E-state index contributed by atoms with van der Waals surface area (Å²) in [5.41, 5.74) is 5.41. The Morgan fingerprint density at radius 3 is 2.18 bits per heavy atom. The molecule has 0 saturated carbocycles. The molecule has 2 N–H and O–H groups in total. The molecule has 7 nitrogen and oxygen atoms in total. The minimum absolute atomic E-state index is 0.237. The van der Waals surface area contributed by atoms with Crippen LogP contribution >= 0.6 is 31.9 Å². The van der Waals surface area contributed by atoms with Gasteiger partial charge in [0.25, 0.3) is 11.8 Å². The number of nitrogens with zero attached hydrogens (tertiary/aromatic N) is 1. The minimum atomic E-state index is -0.531. The number of esters is 1. The maximum absolute atomic E-state index is 12.9.